The molecular formula is C44H38N4. The number of para-hydroxylation sites is 4. The van der Waals surface area contributed by atoms with E-state index in [0.717, 1.165) is 107 Å². The van der Waals surface area contributed by atoms with Gasteiger partial charge in [-0.05, 0) is 72.9 Å². The molecule has 48 heavy (non-hydrogen) atoms. The van der Waals surface area contributed by atoms with Gasteiger partial charge in [-0.2, -0.15) is 10.5 Å². The highest BCUT2D eigenvalue weighted by atomic mass is 15.0. The van der Waals surface area contributed by atoms with Crippen molar-refractivity contribution < 1.29 is 0 Å². The summed E-state index contributed by atoms with van der Waals surface area (Å²) >= 11 is 0. The van der Waals surface area contributed by atoms with Gasteiger partial charge in [0.2, 0.25) is 0 Å². The van der Waals surface area contributed by atoms with Crippen LogP contribution in [0.3, 0.4) is 0 Å². The molecule has 234 valence electrons. The van der Waals surface area contributed by atoms with E-state index in [4.69, 9.17) is 0 Å². The van der Waals surface area contributed by atoms with Crippen molar-refractivity contribution >= 4 is 43.6 Å². The van der Waals surface area contributed by atoms with Crippen molar-refractivity contribution in [1.82, 2.24) is 9.13 Å². The summed E-state index contributed by atoms with van der Waals surface area (Å²) in [5.74, 6) is 0.482. The van der Waals surface area contributed by atoms with E-state index in [9.17, 15) is 10.5 Å². The lowest BCUT2D eigenvalue weighted by Gasteiger charge is -2.34. The molecule has 0 N–H and O–H groups in total. The van der Waals surface area contributed by atoms with Crippen molar-refractivity contribution in [1.29, 1.82) is 10.5 Å². The number of nitrogens with zero attached hydrogens (tertiary/aromatic N) is 4. The van der Waals surface area contributed by atoms with Crippen LogP contribution in [0.2, 0.25) is 0 Å². The molecule has 9 rings (SSSR count). The molecule has 2 fully saturated rings. The Morgan fingerprint density at radius 3 is 1.06 bits per heavy atom. The summed E-state index contributed by atoms with van der Waals surface area (Å²) in [5.41, 5.74) is 9.91. The van der Waals surface area contributed by atoms with Gasteiger partial charge in [-0.15, -0.1) is 0 Å². The predicted octanol–water partition coefficient (Wildman–Crippen LogP) is 11.7. The number of fused-ring (bicyclic) bond motifs is 6. The second-order valence-corrected chi connectivity index (χ2v) is 13.9. The largest absolute Gasteiger partial charge is 0.309 e. The second kappa shape index (κ2) is 11.7. The highest BCUT2D eigenvalue weighted by Crippen LogP contribution is 2.50. The minimum absolute atomic E-state index is 0.241. The Bertz CT molecular complexity index is 2290. The third-order valence-electron chi connectivity index (χ3n) is 11.4. The van der Waals surface area contributed by atoms with Crippen molar-refractivity contribution in [2.45, 2.75) is 76.0 Å². The van der Waals surface area contributed by atoms with E-state index in [2.05, 4.69) is 118 Å². The van der Waals surface area contributed by atoms with E-state index in [0.29, 0.717) is 11.1 Å². The van der Waals surface area contributed by atoms with E-state index in [-0.39, 0.29) is 11.8 Å². The molecule has 0 amide bonds. The molecule has 0 bridgehead atoms. The number of aromatic nitrogens is 2. The number of hydrogen-bond donors (Lipinski definition) is 0. The second-order valence-electron chi connectivity index (χ2n) is 13.9. The van der Waals surface area contributed by atoms with Gasteiger partial charge in [-0.3, -0.25) is 0 Å². The smallest absolute Gasteiger partial charge is 0.102 e. The lowest BCUT2D eigenvalue weighted by atomic mass is 9.74. The predicted molar refractivity (Wildman–Crippen MR) is 196 cm³/mol. The fraction of sp³-hybridized carbons (Fsp3) is 0.273. The molecule has 0 aliphatic heterocycles. The summed E-state index contributed by atoms with van der Waals surface area (Å²) in [7, 11) is 0. The summed E-state index contributed by atoms with van der Waals surface area (Å²) in [6.45, 7) is 0. The first kappa shape index (κ1) is 28.9. The summed E-state index contributed by atoms with van der Waals surface area (Å²) in [6.07, 6.45) is 11.3. The van der Waals surface area contributed by atoms with Gasteiger partial charge < -0.3 is 9.13 Å². The Morgan fingerprint density at radius 2 is 0.729 bits per heavy atom. The quantitative estimate of drug-likeness (QED) is 0.196. The monoisotopic (exact) mass is 622 g/mol. The fourth-order valence-corrected chi connectivity index (χ4v) is 9.36. The van der Waals surface area contributed by atoms with Gasteiger partial charge in [0.25, 0.3) is 0 Å². The maximum absolute atomic E-state index is 11.5. The van der Waals surface area contributed by atoms with Gasteiger partial charge in [-0.25, -0.2) is 0 Å². The average molecular weight is 623 g/mol. The first-order valence-corrected chi connectivity index (χ1v) is 17.8. The molecule has 2 aliphatic carbocycles. The normalized spacial score (nSPS) is 16.1. The third-order valence-corrected chi connectivity index (χ3v) is 11.4. The summed E-state index contributed by atoms with van der Waals surface area (Å²) < 4.78 is 4.71. The van der Waals surface area contributed by atoms with Crippen molar-refractivity contribution in [2.24, 2.45) is 0 Å². The highest BCUT2D eigenvalue weighted by Gasteiger charge is 2.36. The van der Waals surface area contributed by atoms with Crippen LogP contribution in [-0.4, -0.2) is 9.13 Å². The van der Waals surface area contributed by atoms with Crippen LogP contribution in [0.25, 0.3) is 55.0 Å². The van der Waals surface area contributed by atoms with Gasteiger partial charge in [-0.1, -0.05) is 111 Å². The molecule has 7 aromatic rings. The zero-order valence-electron chi connectivity index (χ0n) is 27.3. The zero-order valence-corrected chi connectivity index (χ0v) is 27.3. The van der Waals surface area contributed by atoms with E-state index < -0.39 is 0 Å². The first-order valence-electron chi connectivity index (χ1n) is 17.8. The molecule has 4 heteroatoms. The summed E-state index contributed by atoms with van der Waals surface area (Å²) in [6, 6.07) is 39.9. The molecule has 2 aliphatic rings. The molecule has 0 unspecified atom stereocenters. The molecule has 0 atom stereocenters. The Balaban J connectivity index is 1.53. The van der Waals surface area contributed by atoms with Crippen molar-refractivity contribution in [3.63, 3.8) is 0 Å². The molecule has 0 saturated heterocycles. The van der Waals surface area contributed by atoms with Crippen molar-refractivity contribution in [2.75, 3.05) is 0 Å². The maximum Gasteiger partial charge on any atom is 0.102 e. The Kier molecular flexibility index (Phi) is 7.05. The van der Waals surface area contributed by atoms with Crippen LogP contribution in [0, 0.1) is 22.7 Å². The first-order chi connectivity index (χ1) is 23.8. The van der Waals surface area contributed by atoms with E-state index in [1.807, 2.05) is 0 Å². The fourth-order valence-electron chi connectivity index (χ4n) is 9.36. The van der Waals surface area contributed by atoms with Crippen LogP contribution in [0.4, 0.5) is 0 Å². The lowest BCUT2D eigenvalue weighted by molar-refractivity contribution is 0.433. The Hall–Kier alpha value is -5.32. The Morgan fingerprint density at radius 1 is 0.417 bits per heavy atom. The number of benzene rings is 5. The van der Waals surface area contributed by atoms with Crippen LogP contribution in [-0.2, 0) is 0 Å². The standard InChI is InChI=1S/C44H38N4/c45-27-35-41(29-15-3-1-4-16-29)44(48-39-25-13-9-21-33(39)34-22-10-14-26-40(34)48)42(30-17-5-2-6-18-30)36(28-46)43(35)47-37-23-11-7-19-31(37)32-20-8-12-24-38(32)47/h7-14,19-26,29-30H,1-6,15-18H2. The van der Waals surface area contributed by atoms with E-state index in [1.165, 1.54) is 23.6 Å². The van der Waals surface area contributed by atoms with Gasteiger partial charge in [0.05, 0.1) is 44.6 Å². The molecule has 2 aromatic heterocycles. The lowest BCUT2D eigenvalue weighted by Crippen LogP contribution is -2.20. The number of nitriles is 2. The average Bonchev–Trinajstić information content (AvgIpc) is 3.67. The van der Waals surface area contributed by atoms with E-state index in [1.54, 1.807) is 0 Å². The molecule has 5 aromatic carbocycles. The number of rotatable bonds is 4. The summed E-state index contributed by atoms with van der Waals surface area (Å²) in [5, 5.41) is 27.6. The minimum atomic E-state index is 0.241. The van der Waals surface area contributed by atoms with Crippen LogP contribution in [0.15, 0.2) is 97.1 Å². The molecular weight excluding hydrogens is 585 g/mol. The third kappa shape index (κ3) is 4.26. The van der Waals surface area contributed by atoms with Crippen LogP contribution >= 0.6 is 0 Å². The SMILES string of the molecule is N#Cc1c(C2CCCCC2)c(-n2c3ccccc3c3ccccc32)c(C2CCCCC2)c(C#N)c1-n1c2ccccc2c2ccccc21. The van der Waals surface area contributed by atoms with Crippen molar-refractivity contribution in [3.05, 3.63) is 119 Å². The topological polar surface area (TPSA) is 57.4 Å². The molecule has 2 heterocycles. The maximum atomic E-state index is 11.5. The van der Waals surface area contributed by atoms with Crippen molar-refractivity contribution in [3.8, 4) is 23.5 Å². The van der Waals surface area contributed by atoms with E-state index >= 15 is 0 Å². The molecule has 0 radical (unpaired) electrons. The van der Waals surface area contributed by atoms with Gasteiger partial charge >= 0.3 is 0 Å². The molecule has 2 saturated carbocycles. The molecule has 0 spiro atoms. The van der Waals surface area contributed by atoms with Gasteiger partial charge in [0.1, 0.15) is 12.1 Å². The van der Waals surface area contributed by atoms with Crippen LogP contribution in [0.1, 0.15) is 98.3 Å². The van der Waals surface area contributed by atoms with Crippen LogP contribution < -0.4 is 0 Å². The minimum Gasteiger partial charge on any atom is -0.309 e. The highest BCUT2D eigenvalue weighted by molar-refractivity contribution is 6.11. The zero-order chi connectivity index (χ0) is 32.2. The van der Waals surface area contributed by atoms with Gasteiger partial charge in [0, 0.05) is 21.5 Å². The van der Waals surface area contributed by atoms with Crippen LogP contribution in [0.5, 0.6) is 0 Å². The van der Waals surface area contributed by atoms with Gasteiger partial charge in [0.15, 0.2) is 0 Å². The molecule has 4 nitrogen and oxygen atoms in total. The number of hydrogen-bond acceptors (Lipinski definition) is 2. The Labute approximate surface area is 281 Å². The summed E-state index contributed by atoms with van der Waals surface area (Å²) in [4.78, 5) is 0.